The van der Waals surface area contributed by atoms with Crippen LogP contribution in [-0.4, -0.2) is 24.9 Å². The smallest absolute Gasteiger partial charge is 0.309 e. The van der Waals surface area contributed by atoms with Crippen LogP contribution < -0.4 is 11.2 Å². The fraction of sp³-hybridized carbons (Fsp3) is 0.261. The number of aromatic nitrogens is 4. The second-order valence-electron chi connectivity index (χ2n) is 7.39. The minimum atomic E-state index is -0.451. The number of thioether (sulfide) groups is 1. The van der Waals surface area contributed by atoms with E-state index in [0.717, 1.165) is 29.3 Å². The Hall–Kier alpha value is -3.06. The van der Waals surface area contributed by atoms with Gasteiger partial charge in [-0.2, -0.15) is 0 Å². The zero-order valence-electron chi connectivity index (χ0n) is 17.1. The Balaban J connectivity index is 1.64. The van der Waals surface area contributed by atoms with Crippen molar-refractivity contribution in [3.05, 3.63) is 92.1 Å². The molecule has 0 saturated heterocycles. The molecule has 0 aliphatic carbocycles. The zero-order chi connectivity index (χ0) is 21.1. The van der Waals surface area contributed by atoms with E-state index in [1.807, 2.05) is 17.6 Å². The molecule has 0 atom stereocenters. The van der Waals surface area contributed by atoms with E-state index in [9.17, 15) is 9.59 Å². The highest BCUT2D eigenvalue weighted by Crippen LogP contribution is 2.24. The van der Waals surface area contributed by atoms with E-state index in [1.54, 1.807) is 18.8 Å². The van der Waals surface area contributed by atoms with Crippen molar-refractivity contribution < 1.29 is 0 Å². The summed E-state index contributed by atoms with van der Waals surface area (Å²) < 4.78 is 3.32. The second-order valence-corrected chi connectivity index (χ2v) is 8.46. The van der Waals surface area contributed by atoms with Gasteiger partial charge in [0.05, 0.1) is 6.54 Å². The Bertz CT molecular complexity index is 1270. The van der Waals surface area contributed by atoms with Crippen molar-refractivity contribution in [2.75, 3.05) is 5.75 Å². The standard InChI is InChI=1S/C23H24N4O2S/c1-16-10-12-18(13-11-16)15-27-19-20(26(2)22(29)25-21(19)28)24-23(27)30-14-6-9-17-7-4-3-5-8-17/h3-5,7-8,10-13H,6,9,14-15H2,1-2H3,(H,25,28,29). The average Bonchev–Trinajstić information content (AvgIpc) is 3.11. The molecule has 0 saturated carbocycles. The van der Waals surface area contributed by atoms with Gasteiger partial charge in [0.15, 0.2) is 16.3 Å². The first-order chi connectivity index (χ1) is 14.5. The lowest BCUT2D eigenvalue weighted by Crippen LogP contribution is -2.29. The SMILES string of the molecule is Cc1ccc(Cn2c(SCCCc3ccccc3)nc3c2c(=O)[nH]c(=O)n3C)cc1. The predicted molar refractivity (Wildman–Crippen MR) is 121 cm³/mol. The number of nitrogens with one attached hydrogen (secondary N) is 1. The van der Waals surface area contributed by atoms with E-state index in [4.69, 9.17) is 0 Å². The summed E-state index contributed by atoms with van der Waals surface area (Å²) in [5.74, 6) is 0.873. The lowest BCUT2D eigenvalue weighted by Gasteiger charge is -2.09. The molecule has 0 unspecified atom stereocenters. The molecule has 0 bridgehead atoms. The Morgan fingerprint density at radius 2 is 1.73 bits per heavy atom. The highest BCUT2D eigenvalue weighted by Gasteiger charge is 2.18. The van der Waals surface area contributed by atoms with Crippen LogP contribution >= 0.6 is 11.8 Å². The maximum Gasteiger partial charge on any atom is 0.329 e. The van der Waals surface area contributed by atoms with Crippen molar-refractivity contribution in [1.29, 1.82) is 0 Å². The second kappa shape index (κ2) is 8.75. The maximum absolute atomic E-state index is 12.6. The molecular formula is C23H24N4O2S. The molecule has 0 spiro atoms. The third-order valence-corrected chi connectivity index (χ3v) is 6.18. The highest BCUT2D eigenvalue weighted by molar-refractivity contribution is 7.99. The van der Waals surface area contributed by atoms with Gasteiger partial charge < -0.3 is 4.57 Å². The average molecular weight is 421 g/mol. The highest BCUT2D eigenvalue weighted by atomic mass is 32.2. The lowest BCUT2D eigenvalue weighted by atomic mass is 10.1. The van der Waals surface area contributed by atoms with Crippen LogP contribution in [0.25, 0.3) is 11.2 Å². The largest absolute Gasteiger partial charge is 0.329 e. The molecule has 30 heavy (non-hydrogen) atoms. The first-order valence-corrected chi connectivity index (χ1v) is 10.9. The quantitative estimate of drug-likeness (QED) is 0.367. The van der Waals surface area contributed by atoms with Gasteiger partial charge in [0.2, 0.25) is 0 Å². The maximum atomic E-state index is 12.6. The number of nitrogens with zero attached hydrogens (tertiary/aromatic N) is 3. The summed E-state index contributed by atoms with van der Waals surface area (Å²) in [5, 5.41) is 0.755. The molecule has 0 fully saturated rings. The molecule has 2 heterocycles. The molecule has 4 aromatic rings. The van der Waals surface area contributed by atoms with Gasteiger partial charge in [0, 0.05) is 12.8 Å². The van der Waals surface area contributed by atoms with Gasteiger partial charge >= 0.3 is 5.69 Å². The number of imidazole rings is 1. The van der Waals surface area contributed by atoms with E-state index in [2.05, 4.69) is 58.5 Å². The molecular weight excluding hydrogens is 396 g/mol. The molecule has 0 aliphatic heterocycles. The first-order valence-electron chi connectivity index (χ1n) is 9.95. The summed E-state index contributed by atoms with van der Waals surface area (Å²) in [6.07, 6.45) is 1.99. The van der Waals surface area contributed by atoms with Crippen molar-refractivity contribution in [1.82, 2.24) is 19.1 Å². The third-order valence-electron chi connectivity index (χ3n) is 5.12. The molecule has 1 N–H and O–H groups in total. The first kappa shape index (κ1) is 20.2. The fourth-order valence-electron chi connectivity index (χ4n) is 3.43. The monoisotopic (exact) mass is 420 g/mol. The number of aryl methyl sites for hydroxylation is 3. The number of hydrogen-bond donors (Lipinski definition) is 1. The van der Waals surface area contributed by atoms with Crippen LogP contribution in [0.5, 0.6) is 0 Å². The molecule has 154 valence electrons. The van der Waals surface area contributed by atoms with Gasteiger partial charge in [0.25, 0.3) is 5.56 Å². The van der Waals surface area contributed by atoms with Crippen LogP contribution in [0, 0.1) is 6.92 Å². The molecule has 7 heteroatoms. The van der Waals surface area contributed by atoms with Gasteiger partial charge in [-0.15, -0.1) is 0 Å². The van der Waals surface area contributed by atoms with Crippen molar-refractivity contribution in [2.45, 2.75) is 31.5 Å². The summed E-state index contributed by atoms with van der Waals surface area (Å²) in [5.41, 5.74) is 3.58. The van der Waals surface area contributed by atoms with Crippen molar-refractivity contribution in [3.63, 3.8) is 0 Å². The topological polar surface area (TPSA) is 72.7 Å². The zero-order valence-corrected chi connectivity index (χ0v) is 17.9. The van der Waals surface area contributed by atoms with E-state index in [-0.39, 0.29) is 0 Å². The minimum absolute atomic E-state index is 0.399. The number of H-pyrrole nitrogens is 1. The normalized spacial score (nSPS) is 11.3. The number of aromatic amines is 1. The Labute approximate surface area is 178 Å². The van der Waals surface area contributed by atoms with E-state index in [0.29, 0.717) is 17.7 Å². The Kier molecular flexibility index (Phi) is 5.90. The van der Waals surface area contributed by atoms with Gasteiger partial charge in [-0.05, 0) is 30.9 Å². The van der Waals surface area contributed by atoms with Crippen LogP contribution in [0.2, 0.25) is 0 Å². The number of benzene rings is 2. The molecule has 0 aliphatic rings. The van der Waals surface area contributed by atoms with Crippen LogP contribution in [0.4, 0.5) is 0 Å². The number of hydrogen-bond acceptors (Lipinski definition) is 4. The molecule has 0 amide bonds. The number of fused-ring (bicyclic) bond motifs is 1. The molecule has 2 aromatic carbocycles. The van der Waals surface area contributed by atoms with Gasteiger partial charge in [-0.3, -0.25) is 14.3 Å². The van der Waals surface area contributed by atoms with Crippen molar-refractivity contribution in [3.8, 4) is 0 Å². The lowest BCUT2D eigenvalue weighted by molar-refractivity contribution is 0.727. The summed E-state index contributed by atoms with van der Waals surface area (Å²) in [7, 11) is 1.63. The summed E-state index contributed by atoms with van der Waals surface area (Å²) >= 11 is 1.62. The van der Waals surface area contributed by atoms with Gasteiger partial charge in [0.1, 0.15) is 0 Å². The van der Waals surface area contributed by atoms with E-state index < -0.39 is 11.2 Å². The molecule has 4 rings (SSSR count). The summed E-state index contributed by atoms with van der Waals surface area (Å²) in [4.78, 5) is 31.7. The predicted octanol–water partition coefficient (Wildman–Crippen LogP) is 3.50. The van der Waals surface area contributed by atoms with Crippen molar-refractivity contribution in [2.24, 2.45) is 7.05 Å². The number of rotatable bonds is 7. The van der Waals surface area contributed by atoms with E-state index in [1.165, 1.54) is 15.7 Å². The van der Waals surface area contributed by atoms with Crippen LogP contribution in [-0.2, 0) is 20.0 Å². The van der Waals surface area contributed by atoms with Gasteiger partial charge in [-0.1, -0.05) is 71.9 Å². The Morgan fingerprint density at radius 3 is 2.47 bits per heavy atom. The van der Waals surface area contributed by atoms with Crippen molar-refractivity contribution >= 4 is 22.9 Å². The van der Waals surface area contributed by atoms with Crippen LogP contribution in [0.15, 0.2) is 69.3 Å². The summed E-state index contributed by atoms with van der Waals surface area (Å²) in [6, 6.07) is 18.6. The van der Waals surface area contributed by atoms with Gasteiger partial charge in [-0.25, -0.2) is 9.78 Å². The third kappa shape index (κ3) is 4.26. The molecule has 0 radical (unpaired) electrons. The van der Waals surface area contributed by atoms with Crippen LogP contribution in [0.1, 0.15) is 23.1 Å². The fourth-order valence-corrected chi connectivity index (χ4v) is 4.37. The van der Waals surface area contributed by atoms with Crippen LogP contribution in [0.3, 0.4) is 0 Å². The minimum Gasteiger partial charge on any atom is -0.309 e. The molecule has 2 aromatic heterocycles. The summed E-state index contributed by atoms with van der Waals surface area (Å²) in [6.45, 7) is 2.57. The molecule has 6 nitrogen and oxygen atoms in total. The Morgan fingerprint density at radius 1 is 1.00 bits per heavy atom. The van der Waals surface area contributed by atoms with E-state index >= 15 is 0 Å².